The SMILES string of the molecule is FC(F)(F)c1noc(CCNc2ccccc2)n1. The van der Waals surface area contributed by atoms with Crippen LogP contribution >= 0.6 is 0 Å². The molecule has 7 heteroatoms. The third-order valence-corrected chi connectivity index (χ3v) is 2.16. The number of alkyl halides is 3. The van der Waals surface area contributed by atoms with Crippen LogP contribution in [0.2, 0.25) is 0 Å². The minimum Gasteiger partial charge on any atom is -0.385 e. The molecule has 0 atom stereocenters. The first-order chi connectivity index (χ1) is 8.55. The molecule has 1 heterocycles. The van der Waals surface area contributed by atoms with E-state index in [1.54, 1.807) is 0 Å². The van der Waals surface area contributed by atoms with Gasteiger partial charge < -0.3 is 9.84 Å². The highest BCUT2D eigenvalue weighted by atomic mass is 19.4. The minimum absolute atomic E-state index is 0.0363. The summed E-state index contributed by atoms with van der Waals surface area (Å²) in [5.41, 5.74) is 0.882. The zero-order chi connectivity index (χ0) is 13.0. The number of hydrogen-bond acceptors (Lipinski definition) is 4. The Morgan fingerprint density at radius 1 is 1.17 bits per heavy atom. The molecule has 0 aliphatic carbocycles. The van der Waals surface area contributed by atoms with E-state index < -0.39 is 12.0 Å². The summed E-state index contributed by atoms with van der Waals surface area (Å²) in [6.45, 7) is 0.420. The lowest BCUT2D eigenvalue weighted by Crippen LogP contribution is -2.08. The van der Waals surface area contributed by atoms with Crippen molar-refractivity contribution in [3.05, 3.63) is 42.0 Å². The number of rotatable bonds is 4. The highest BCUT2D eigenvalue weighted by Gasteiger charge is 2.37. The molecule has 1 N–H and O–H groups in total. The van der Waals surface area contributed by atoms with Gasteiger partial charge in [0, 0.05) is 18.7 Å². The summed E-state index contributed by atoms with van der Waals surface area (Å²) in [6, 6.07) is 9.30. The molecule has 2 aromatic rings. The quantitative estimate of drug-likeness (QED) is 0.915. The third-order valence-electron chi connectivity index (χ3n) is 2.16. The second-order valence-electron chi connectivity index (χ2n) is 3.55. The number of nitrogens with one attached hydrogen (secondary N) is 1. The van der Waals surface area contributed by atoms with Crippen molar-refractivity contribution in [1.29, 1.82) is 0 Å². The molecule has 0 bridgehead atoms. The van der Waals surface area contributed by atoms with E-state index in [0.29, 0.717) is 6.54 Å². The zero-order valence-corrected chi connectivity index (χ0v) is 9.24. The van der Waals surface area contributed by atoms with Crippen LogP contribution in [0.5, 0.6) is 0 Å². The van der Waals surface area contributed by atoms with Crippen LogP contribution in [0.1, 0.15) is 11.7 Å². The van der Waals surface area contributed by atoms with Gasteiger partial charge >= 0.3 is 6.18 Å². The summed E-state index contributed by atoms with van der Waals surface area (Å²) in [6.07, 6.45) is -4.33. The first kappa shape index (κ1) is 12.4. The molecular formula is C11H10F3N3O. The van der Waals surface area contributed by atoms with E-state index in [1.807, 2.05) is 30.3 Å². The lowest BCUT2D eigenvalue weighted by molar-refractivity contribution is -0.146. The van der Waals surface area contributed by atoms with Crippen LogP contribution < -0.4 is 5.32 Å². The Kier molecular flexibility index (Phi) is 3.50. The zero-order valence-electron chi connectivity index (χ0n) is 9.24. The van der Waals surface area contributed by atoms with Crippen LogP contribution in [-0.2, 0) is 12.6 Å². The maximum Gasteiger partial charge on any atom is 0.455 e. The molecule has 18 heavy (non-hydrogen) atoms. The van der Waals surface area contributed by atoms with Gasteiger partial charge in [-0.15, -0.1) is 0 Å². The van der Waals surface area contributed by atoms with Gasteiger partial charge in [0.05, 0.1) is 0 Å². The van der Waals surface area contributed by atoms with E-state index in [2.05, 4.69) is 20.0 Å². The van der Waals surface area contributed by atoms with Crippen molar-refractivity contribution in [2.24, 2.45) is 0 Å². The van der Waals surface area contributed by atoms with Crippen LogP contribution in [0.25, 0.3) is 0 Å². The standard InChI is InChI=1S/C11H10F3N3O/c12-11(13,14)10-16-9(18-17-10)6-7-15-8-4-2-1-3-5-8/h1-5,15H,6-7H2. The topological polar surface area (TPSA) is 51.0 Å². The smallest absolute Gasteiger partial charge is 0.385 e. The highest BCUT2D eigenvalue weighted by molar-refractivity contribution is 5.42. The van der Waals surface area contributed by atoms with Crippen molar-refractivity contribution in [2.75, 3.05) is 11.9 Å². The number of anilines is 1. The van der Waals surface area contributed by atoms with Crippen molar-refractivity contribution in [1.82, 2.24) is 10.1 Å². The molecule has 0 spiro atoms. The number of benzene rings is 1. The van der Waals surface area contributed by atoms with E-state index in [4.69, 9.17) is 0 Å². The van der Waals surface area contributed by atoms with Crippen molar-refractivity contribution in [3.63, 3.8) is 0 Å². The van der Waals surface area contributed by atoms with Crippen LogP contribution in [0.4, 0.5) is 18.9 Å². The molecule has 1 aromatic carbocycles. The maximum atomic E-state index is 12.2. The first-order valence-corrected chi connectivity index (χ1v) is 5.24. The Morgan fingerprint density at radius 3 is 2.50 bits per heavy atom. The largest absolute Gasteiger partial charge is 0.455 e. The maximum absolute atomic E-state index is 12.2. The molecule has 2 rings (SSSR count). The second-order valence-corrected chi connectivity index (χ2v) is 3.55. The van der Waals surface area contributed by atoms with Gasteiger partial charge in [-0.05, 0) is 12.1 Å². The number of para-hydroxylation sites is 1. The van der Waals surface area contributed by atoms with Crippen molar-refractivity contribution in [3.8, 4) is 0 Å². The molecule has 0 saturated heterocycles. The fourth-order valence-electron chi connectivity index (χ4n) is 1.34. The molecule has 1 aromatic heterocycles. The molecule has 4 nitrogen and oxygen atoms in total. The van der Waals surface area contributed by atoms with E-state index >= 15 is 0 Å². The number of nitrogens with zero attached hydrogens (tertiary/aromatic N) is 2. The van der Waals surface area contributed by atoms with Crippen LogP contribution in [0.15, 0.2) is 34.9 Å². The van der Waals surface area contributed by atoms with E-state index in [1.165, 1.54) is 0 Å². The van der Waals surface area contributed by atoms with Crippen molar-refractivity contribution >= 4 is 5.69 Å². The molecule has 0 saturated carbocycles. The van der Waals surface area contributed by atoms with Gasteiger partial charge in [-0.2, -0.15) is 18.2 Å². The van der Waals surface area contributed by atoms with E-state index in [9.17, 15) is 13.2 Å². The molecule has 0 aliphatic heterocycles. The summed E-state index contributed by atoms with van der Waals surface area (Å²) < 4.78 is 41.1. The average molecular weight is 257 g/mol. The molecule has 0 fully saturated rings. The monoisotopic (exact) mass is 257 g/mol. The van der Waals surface area contributed by atoms with Gasteiger partial charge in [0.15, 0.2) is 0 Å². The Hall–Kier alpha value is -2.05. The van der Waals surface area contributed by atoms with Gasteiger partial charge in [0.2, 0.25) is 5.89 Å². The second kappa shape index (κ2) is 5.07. The van der Waals surface area contributed by atoms with Crippen molar-refractivity contribution < 1.29 is 17.7 Å². The summed E-state index contributed by atoms with van der Waals surface area (Å²) in [5.74, 6) is -1.28. The Balaban J connectivity index is 1.86. The summed E-state index contributed by atoms with van der Waals surface area (Å²) in [5, 5.41) is 5.91. The van der Waals surface area contributed by atoms with Crippen LogP contribution in [0.3, 0.4) is 0 Å². The molecule has 96 valence electrons. The lowest BCUT2D eigenvalue weighted by Gasteiger charge is -2.03. The third kappa shape index (κ3) is 3.22. The van der Waals surface area contributed by atoms with E-state index in [0.717, 1.165) is 5.69 Å². The molecule has 0 amide bonds. The summed E-state index contributed by atoms with van der Waals surface area (Å²) in [4.78, 5) is 3.27. The molecule has 0 unspecified atom stereocenters. The van der Waals surface area contributed by atoms with Gasteiger partial charge in [0.1, 0.15) is 0 Å². The van der Waals surface area contributed by atoms with Crippen molar-refractivity contribution in [2.45, 2.75) is 12.6 Å². The fourth-order valence-corrected chi connectivity index (χ4v) is 1.34. The fraction of sp³-hybridized carbons (Fsp3) is 0.273. The van der Waals surface area contributed by atoms with Gasteiger partial charge in [-0.3, -0.25) is 0 Å². The highest BCUT2D eigenvalue weighted by Crippen LogP contribution is 2.26. The Morgan fingerprint density at radius 2 is 1.89 bits per heavy atom. The molecule has 0 radical (unpaired) electrons. The Bertz CT molecular complexity index is 496. The average Bonchev–Trinajstić information content (AvgIpc) is 2.79. The van der Waals surface area contributed by atoms with Crippen LogP contribution in [0, 0.1) is 0 Å². The van der Waals surface area contributed by atoms with Gasteiger partial charge in [-0.25, -0.2) is 0 Å². The molecule has 0 aliphatic rings. The summed E-state index contributed by atoms with van der Waals surface area (Å²) in [7, 11) is 0. The van der Waals surface area contributed by atoms with Crippen LogP contribution in [-0.4, -0.2) is 16.7 Å². The number of halogens is 3. The minimum atomic E-state index is -4.56. The van der Waals surface area contributed by atoms with Gasteiger partial charge in [-0.1, -0.05) is 23.4 Å². The normalized spacial score (nSPS) is 11.5. The molecular weight excluding hydrogens is 247 g/mol. The Labute approximate surface area is 101 Å². The predicted molar refractivity (Wildman–Crippen MR) is 57.9 cm³/mol. The van der Waals surface area contributed by atoms with Gasteiger partial charge in [0.25, 0.3) is 5.82 Å². The van der Waals surface area contributed by atoms with E-state index in [-0.39, 0.29) is 12.3 Å². The summed E-state index contributed by atoms with van der Waals surface area (Å²) >= 11 is 0. The lowest BCUT2D eigenvalue weighted by atomic mass is 10.3. The number of aromatic nitrogens is 2. The first-order valence-electron chi connectivity index (χ1n) is 5.24. The number of hydrogen-bond donors (Lipinski definition) is 1. The predicted octanol–water partition coefficient (Wildman–Crippen LogP) is 2.74.